The number of hydrogen-bond donors (Lipinski definition) is 2. The summed E-state index contributed by atoms with van der Waals surface area (Å²) in [6, 6.07) is 6.01. The zero-order valence-electron chi connectivity index (χ0n) is 10.1. The van der Waals surface area contributed by atoms with Gasteiger partial charge < -0.3 is 15.6 Å². The molecule has 1 aromatic heterocycles. The number of nitrogens with two attached hydrogens (primary N) is 1. The fraction of sp³-hybridized carbons (Fsp3) is 0.333. The average molecular weight is 231 g/mol. The molecule has 0 unspecified atom stereocenters. The van der Waals surface area contributed by atoms with E-state index in [1.165, 1.54) is 5.56 Å². The SMILES string of the molecule is Cc1ccc(NCCc2nncn2C)c(N)c1. The number of benzene rings is 1. The van der Waals surface area contributed by atoms with Crippen molar-refractivity contribution < 1.29 is 0 Å². The first-order chi connectivity index (χ1) is 8.16. The standard InChI is InChI=1S/C12H17N5/c1-9-3-4-11(10(13)7-9)14-6-5-12-16-15-8-17(12)2/h3-4,7-8,14H,5-6,13H2,1-2H3. The van der Waals surface area contributed by atoms with Gasteiger partial charge in [0.05, 0.1) is 11.4 Å². The lowest BCUT2D eigenvalue weighted by Crippen LogP contribution is -2.09. The van der Waals surface area contributed by atoms with Crippen LogP contribution >= 0.6 is 0 Å². The van der Waals surface area contributed by atoms with E-state index in [4.69, 9.17) is 5.73 Å². The molecule has 0 fully saturated rings. The molecule has 5 heteroatoms. The van der Waals surface area contributed by atoms with Crippen molar-refractivity contribution in [3.8, 4) is 0 Å². The Labute approximate surface area is 101 Å². The van der Waals surface area contributed by atoms with Gasteiger partial charge in [0.25, 0.3) is 0 Å². The Hall–Kier alpha value is -2.04. The molecule has 90 valence electrons. The van der Waals surface area contributed by atoms with Gasteiger partial charge in [-0.25, -0.2) is 0 Å². The van der Waals surface area contributed by atoms with Crippen LogP contribution in [0.15, 0.2) is 24.5 Å². The first-order valence-electron chi connectivity index (χ1n) is 5.59. The summed E-state index contributed by atoms with van der Waals surface area (Å²) >= 11 is 0. The van der Waals surface area contributed by atoms with Crippen LogP contribution in [-0.2, 0) is 13.5 Å². The molecule has 0 spiro atoms. The van der Waals surface area contributed by atoms with Gasteiger partial charge >= 0.3 is 0 Å². The highest BCUT2D eigenvalue weighted by Gasteiger charge is 2.01. The van der Waals surface area contributed by atoms with Crippen molar-refractivity contribution in [2.75, 3.05) is 17.6 Å². The molecule has 0 amide bonds. The highest BCUT2D eigenvalue weighted by atomic mass is 15.2. The summed E-state index contributed by atoms with van der Waals surface area (Å²) in [6.07, 6.45) is 2.53. The molecule has 17 heavy (non-hydrogen) atoms. The van der Waals surface area contributed by atoms with E-state index in [2.05, 4.69) is 15.5 Å². The third-order valence-corrected chi connectivity index (χ3v) is 2.68. The van der Waals surface area contributed by atoms with Gasteiger partial charge in [-0.15, -0.1) is 10.2 Å². The normalized spacial score (nSPS) is 10.5. The van der Waals surface area contributed by atoms with Gasteiger partial charge in [0, 0.05) is 20.0 Å². The maximum atomic E-state index is 5.92. The second-order valence-corrected chi connectivity index (χ2v) is 4.13. The number of aromatic nitrogens is 3. The minimum atomic E-state index is 0.781. The summed E-state index contributed by atoms with van der Waals surface area (Å²) in [7, 11) is 1.94. The van der Waals surface area contributed by atoms with Crippen LogP contribution in [-0.4, -0.2) is 21.3 Å². The molecule has 1 aromatic carbocycles. The smallest absolute Gasteiger partial charge is 0.134 e. The zero-order chi connectivity index (χ0) is 12.3. The monoisotopic (exact) mass is 231 g/mol. The van der Waals surface area contributed by atoms with Gasteiger partial charge in [0.1, 0.15) is 12.2 Å². The molecule has 0 aliphatic rings. The number of rotatable bonds is 4. The molecular formula is C12H17N5. The summed E-state index contributed by atoms with van der Waals surface area (Å²) in [6.45, 7) is 2.82. The van der Waals surface area contributed by atoms with E-state index in [-0.39, 0.29) is 0 Å². The Bertz CT molecular complexity index is 503. The molecule has 0 aliphatic heterocycles. The van der Waals surface area contributed by atoms with Crippen molar-refractivity contribution in [3.05, 3.63) is 35.9 Å². The van der Waals surface area contributed by atoms with E-state index in [1.807, 2.05) is 36.7 Å². The fourth-order valence-electron chi connectivity index (χ4n) is 1.69. The van der Waals surface area contributed by atoms with Crippen molar-refractivity contribution in [1.82, 2.24) is 14.8 Å². The molecule has 1 heterocycles. The van der Waals surface area contributed by atoms with Crippen molar-refractivity contribution in [2.45, 2.75) is 13.3 Å². The predicted molar refractivity (Wildman–Crippen MR) is 68.8 cm³/mol. The van der Waals surface area contributed by atoms with Crippen LogP contribution < -0.4 is 11.1 Å². The second-order valence-electron chi connectivity index (χ2n) is 4.13. The summed E-state index contributed by atoms with van der Waals surface area (Å²) in [4.78, 5) is 0. The first kappa shape index (κ1) is 11.4. The molecular weight excluding hydrogens is 214 g/mol. The lowest BCUT2D eigenvalue weighted by atomic mass is 10.2. The van der Waals surface area contributed by atoms with Gasteiger partial charge in [0.15, 0.2) is 0 Å². The summed E-state index contributed by atoms with van der Waals surface area (Å²) in [5.41, 5.74) is 8.83. The highest BCUT2D eigenvalue weighted by molar-refractivity contribution is 5.66. The number of nitrogens with one attached hydrogen (secondary N) is 1. The van der Waals surface area contributed by atoms with Gasteiger partial charge in [0.2, 0.25) is 0 Å². The molecule has 2 aromatic rings. The van der Waals surface area contributed by atoms with Crippen molar-refractivity contribution in [3.63, 3.8) is 0 Å². The topological polar surface area (TPSA) is 68.8 Å². The van der Waals surface area contributed by atoms with Gasteiger partial charge in [-0.1, -0.05) is 6.07 Å². The minimum absolute atomic E-state index is 0.781. The largest absolute Gasteiger partial charge is 0.397 e. The third-order valence-electron chi connectivity index (χ3n) is 2.68. The number of anilines is 2. The van der Waals surface area contributed by atoms with Crippen LogP contribution in [0.4, 0.5) is 11.4 Å². The lowest BCUT2D eigenvalue weighted by Gasteiger charge is -2.09. The molecule has 0 saturated heterocycles. The Kier molecular flexibility index (Phi) is 3.27. The minimum Gasteiger partial charge on any atom is -0.397 e. The Morgan fingerprint density at radius 2 is 2.24 bits per heavy atom. The number of nitrogen functional groups attached to an aromatic ring is 1. The van der Waals surface area contributed by atoms with Crippen LogP contribution in [0.3, 0.4) is 0 Å². The fourth-order valence-corrected chi connectivity index (χ4v) is 1.69. The average Bonchev–Trinajstić information content (AvgIpc) is 2.68. The Morgan fingerprint density at radius 1 is 1.41 bits per heavy atom. The Balaban J connectivity index is 1.92. The van der Waals surface area contributed by atoms with Gasteiger partial charge in [-0.3, -0.25) is 0 Å². The third kappa shape index (κ3) is 2.75. The van der Waals surface area contributed by atoms with Gasteiger partial charge in [-0.2, -0.15) is 0 Å². The highest BCUT2D eigenvalue weighted by Crippen LogP contribution is 2.19. The molecule has 0 radical (unpaired) electrons. The summed E-state index contributed by atoms with van der Waals surface area (Å²) in [5, 5.41) is 11.2. The van der Waals surface area contributed by atoms with E-state index >= 15 is 0 Å². The second kappa shape index (κ2) is 4.86. The molecule has 3 N–H and O–H groups in total. The molecule has 5 nitrogen and oxygen atoms in total. The van der Waals surface area contributed by atoms with E-state index < -0.39 is 0 Å². The molecule has 0 bridgehead atoms. The summed E-state index contributed by atoms with van der Waals surface area (Å²) in [5.74, 6) is 0.961. The predicted octanol–water partition coefficient (Wildman–Crippen LogP) is 1.36. The van der Waals surface area contributed by atoms with E-state index in [0.29, 0.717) is 0 Å². The summed E-state index contributed by atoms with van der Waals surface area (Å²) < 4.78 is 1.92. The zero-order valence-corrected chi connectivity index (χ0v) is 10.1. The number of aryl methyl sites for hydroxylation is 2. The molecule has 0 saturated carbocycles. The number of hydrogen-bond acceptors (Lipinski definition) is 4. The van der Waals surface area contributed by atoms with E-state index in [1.54, 1.807) is 6.33 Å². The van der Waals surface area contributed by atoms with E-state index in [0.717, 1.165) is 30.2 Å². The van der Waals surface area contributed by atoms with Crippen molar-refractivity contribution >= 4 is 11.4 Å². The maximum Gasteiger partial charge on any atom is 0.134 e. The van der Waals surface area contributed by atoms with Crippen LogP contribution in [0, 0.1) is 6.92 Å². The van der Waals surface area contributed by atoms with Crippen LogP contribution in [0.25, 0.3) is 0 Å². The Morgan fingerprint density at radius 3 is 2.88 bits per heavy atom. The lowest BCUT2D eigenvalue weighted by molar-refractivity contribution is 0.788. The quantitative estimate of drug-likeness (QED) is 0.780. The van der Waals surface area contributed by atoms with Crippen molar-refractivity contribution in [1.29, 1.82) is 0 Å². The van der Waals surface area contributed by atoms with Crippen molar-refractivity contribution in [2.24, 2.45) is 7.05 Å². The molecule has 2 rings (SSSR count). The molecule has 0 aliphatic carbocycles. The molecule has 0 atom stereocenters. The van der Waals surface area contributed by atoms with Crippen LogP contribution in [0.5, 0.6) is 0 Å². The van der Waals surface area contributed by atoms with E-state index in [9.17, 15) is 0 Å². The number of nitrogens with zero attached hydrogens (tertiary/aromatic N) is 3. The van der Waals surface area contributed by atoms with Gasteiger partial charge in [-0.05, 0) is 24.6 Å². The van der Waals surface area contributed by atoms with Crippen LogP contribution in [0.1, 0.15) is 11.4 Å². The van der Waals surface area contributed by atoms with Crippen LogP contribution in [0.2, 0.25) is 0 Å². The maximum absolute atomic E-state index is 5.92. The first-order valence-corrected chi connectivity index (χ1v) is 5.59.